The molecule has 1 aliphatic heterocycles. The molecule has 10 heteroatoms. The summed E-state index contributed by atoms with van der Waals surface area (Å²) < 4.78 is 32.4. The highest BCUT2D eigenvalue weighted by atomic mass is 32.2. The van der Waals surface area contributed by atoms with Crippen LogP contribution in [-0.2, 0) is 10.0 Å². The molecule has 1 fully saturated rings. The van der Waals surface area contributed by atoms with Crippen LogP contribution in [0, 0.1) is 0 Å². The first-order chi connectivity index (χ1) is 11.4. The molecule has 0 unspecified atom stereocenters. The van der Waals surface area contributed by atoms with Gasteiger partial charge < -0.3 is 9.32 Å². The first-order valence-electron chi connectivity index (χ1n) is 7.61. The van der Waals surface area contributed by atoms with Gasteiger partial charge in [-0.05, 0) is 32.8 Å². The molecule has 3 rings (SSSR count). The molecular weight excluding hydrogens is 352 g/mol. The van der Waals surface area contributed by atoms with Gasteiger partial charge in [0, 0.05) is 24.5 Å². The van der Waals surface area contributed by atoms with Crippen LogP contribution in [-0.4, -0.2) is 48.6 Å². The maximum Gasteiger partial charge on any atom is 0.311 e. The topological polar surface area (TPSA) is 105 Å². The standard InChI is InChI=1S/C14H18N4O4S2/c1-9(2)17-24(20,21)11-7-10(8-23-11)12-15-16-13(22-12)14(19)18-5-3-4-6-18/h7-9,17H,3-6H2,1-2H3. The van der Waals surface area contributed by atoms with Gasteiger partial charge in [-0.2, -0.15) is 0 Å². The van der Waals surface area contributed by atoms with E-state index in [0.717, 1.165) is 24.2 Å². The predicted octanol–water partition coefficient (Wildman–Crippen LogP) is 1.72. The van der Waals surface area contributed by atoms with E-state index < -0.39 is 10.0 Å². The van der Waals surface area contributed by atoms with Crippen molar-refractivity contribution in [3.63, 3.8) is 0 Å². The molecule has 2 aromatic rings. The number of likely N-dealkylation sites (tertiary alicyclic amines) is 1. The lowest BCUT2D eigenvalue weighted by atomic mass is 10.3. The van der Waals surface area contributed by atoms with Crippen molar-refractivity contribution < 1.29 is 17.6 Å². The fourth-order valence-electron chi connectivity index (χ4n) is 2.42. The van der Waals surface area contributed by atoms with Crippen molar-refractivity contribution in [1.29, 1.82) is 0 Å². The van der Waals surface area contributed by atoms with Crippen LogP contribution in [0.1, 0.15) is 37.4 Å². The molecule has 1 N–H and O–H groups in total. The molecule has 1 saturated heterocycles. The number of nitrogens with one attached hydrogen (secondary N) is 1. The quantitative estimate of drug-likeness (QED) is 0.859. The second-order valence-electron chi connectivity index (χ2n) is 5.84. The Balaban J connectivity index is 1.80. The molecule has 3 heterocycles. The van der Waals surface area contributed by atoms with E-state index in [1.807, 2.05) is 0 Å². The van der Waals surface area contributed by atoms with Crippen LogP contribution in [0.25, 0.3) is 11.5 Å². The van der Waals surface area contributed by atoms with Crippen molar-refractivity contribution in [1.82, 2.24) is 19.8 Å². The summed E-state index contributed by atoms with van der Waals surface area (Å²) in [4.78, 5) is 13.9. The number of amides is 1. The third-order valence-corrected chi connectivity index (χ3v) is 6.58. The second-order valence-corrected chi connectivity index (χ2v) is 8.69. The Morgan fingerprint density at radius 2 is 2.04 bits per heavy atom. The molecule has 0 saturated carbocycles. The van der Waals surface area contributed by atoms with Crippen LogP contribution in [0.2, 0.25) is 0 Å². The zero-order valence-corrected chi connectivity index (χ0v) is 15.0. The number of sulfonamides is 1. The molecule has 0 spiro atoms. The van der Waals surface area contributed by atoms with Gasteiger partial charge in [0.1, 0.15) is 4.21 Å². The van der Waals surface area contributed by atoms with Gasteiger partial charge in [0.05, 0.1) is 5.56 Å². The molecule has 0 aromatic carbocycles. The van der Waals surface area contributed by atoms with Gasteiger partial charge in [-0.25, -0.2) is 13.1 Å². The molecule has 0 aliphatic carbocycles. The Hall–Kier alpha value is -1.78. The van der Waals surface area contributed by atoms with Crippen LogP contribution in [0.3, 0.4) is 0 Å². The van der Waals surface area contributed by atoms with Crippen molar-refractivity contribution >= 4 is 27.3 Å². The SMILES string of the molecule is CC(C)NS(=O)(=O)c1cc(-c2nnc(C(=O)N3CCCC3)o2)cs1. The van der Waals surface area contributed by atoms with Gasteiger partial charge >= 0.3 is 11.8 Å². The van der Waals surface area contributed by atoms with Crippen LogP contribution < -0.4 is 4.72 Å². The van der Waals surface area contributed by atoms with Crippen LogP contribution in [0.4, 0.5) is 0 Å². The average molecular weight is 370 g/mol. The zero-order chi connectivity index (χ0) is 17.3. The minimum absolute atomic E-state index is 0.0668. The monoisotopic (exact) mass is 370 g/mol. The lowest BCUT2D eigenvalue weighted by Gasteiger charge is -2.11. The molecular formula is C14H18N4O4S2. The Morgan fingerprint density at radius 1 is 1.33 bits per heavy atom. The lowest BCUT2D eigenvalue weighted by Crippen LogP contribution is -2.29. The fraction of sp³-hybridized carbons (Fsp3) is 0.500. The number of carbonyl (C=O) groups is 1. The zero-order valence-electron chi connectivity index (χ0n) is 13.4. The van der Waals surface area contributed by atoms with Crippen LogP contribution >= 0.6 is 11.3 Å². The van der Waals surface area contributed by atoms with Gasteiger partial charge in [0.15, 0.2) is 0 Å². The molecule has 0 radical (unpaired) electrons. The number of thiophene rings is 1. The lowest BCUT2D eigenvalue weighted by molar-refractivity contribution is 0.0754. The van der Waals surface area contributed by atoms with E-state index in [1.165, 1.54) is 6.07 Å². The van der Waals surface area contributed by atoms with E-state index >= 15 is 0 Å². The van der Waals surface area contributed by atoms with Gasteiger partial charge in [-0.3, -0.25) is 4.79 Å². The Morgan fingerprint density at radius 3 is 2.71 bits per heavy atom. The predicted molar refractivity (Wildman–Crippen MR) is 88.2 cm³/mol. The summed E-state index contributed by atoms with van der Waals surface area (Å²) >= 11 is 1.06. The van der Waals surface area contributed by atoms with E-state index in [-0.39, 0.29) is 27.9 Å². The highest BCUT2D eigenvalue weighted by molar-refractivity contribution is 7.91. The molecule has 0 bridgehead atoms. The van der Waals surface area contributed by atoms with E-state index in [0.29, 0.717) is 18.7 Å². The fourth-order valence-corrected chi connectivity index (χ4v) is 4.84. The minimum Gasteiger partial charge on any atom is -0.412 e. The summed E-state index contributed by atoms with van der Waals surface area (Å²) in [6.45, 7) is 4.89. The van der Waals surface area contributed by atoms with Gasteiger partial charge in [-0.1, -0.05) is 0 Å². The molecule has 24 heavy (non-hydrogen) atoms. The van der Waals surface area contributed by atoms with E-state index in [1.54, 1.807) is 24.1 Å². The average Bonchev–Trinajstić information content (AvgIpc) is 3.25. The number of aromatic nitrogens is 2. The number of nitrogens with zero attached hydrogens (tertiary/aromatic N) is 3. The Kier molecular flexibility index (Phi) is 4.70. The first-order valence-corrected chi connectivity index (χ1v) is 9.97. The minimum atomic E-state index is -3.57. The van der Waals surface area contributed by atoms with E-state index in [2.05, 4.69) is 14.9 Å². The van der Waals surface area contributed by atoms with Gasteiger partial charge in [0.25, 0.3) is 0 Å². The van der Waals surface area contributed by atoms with E-state index in [9.17, 15) is 13.2 Å². The molecule has 2 aromatic heterocycles. The summed E-state index contributed by atoms with van der Waals surface area (Å²) in [5.41, 5.74) is 0.483. The van der Waals surface area contributed by atoms with Gasteiger partial charge in [-0.15, -0.1) is 21.5 Å². The number of hydrogen-bond donors (Lipinski definition) is 1. The summed E-state index contributed by atoms with van der Waals surface area (Å²) in [6, 6.07) is 1.26. The van der Waals surface area contributed by atoms with Crippen LogP contribution in [0.15, 0.2) is 20.1 Å². The van der Waals surface area contributed by atoms with Crippen LogP contribution in [0.5, 0.6) is 0 Å². The van der Waals surface area contributed by atoms with Crippen molar-refractivity contribution in [2.75, 3.05) is 13.1 Å². The maximum absolute atomic E-state index is 12.2. The van der Waals surface area contributed by atoms with Crippen molar-refractivity contribution in [3.8, 4) is 11.5 Å². The summed E-state index contributed by atoms with van der Waals surface area (Å²) in [7, 11) is -3.57. The number of rotatable bonds is 5. The Labute approximate surface area is 143 Å². The van der Waals surface area contributed by atoms with Crippen molar-refractivity contribution in [3.05, 3.63) is 17.3 Å². The first kappa shape index (κ1) is 17.1. The number of carbonyl (C=O) groups excluding carboxylic acids is 1. The summed E-state index contributed by atoms with van der Waals surface area (Å²) in [6.07, 6.45) is 1.95. The number of hydrogen-bond acceptors (Lipinski definition) is 7. The largest absolute Gasteiger partial charge is 0.412 e. The normalized spacial score (nSPS) is 15.4. The molecule has 1 aliphatic rings. The molecule has 0 atom stereocenters. The Bertz CT molecular complexity index is 835. The second kappa shape index (κ2) is 6.61. The molecule has 1 amide bonds. The third-order valence-electron chi connectivity index (χ3n) is 3.48. The van der Waals surface area contributed by atoms with E-state index in [4.69, 9.17) is 4.42 Å². The molecule has 8 nitrogen and oxygen atoms in total. The molecule has 130 valence electrons. The third kappa shape index (κ3) is 3.50. The van der Waals surface area contributed by atoms with Crippen molar-refractivity contribution in [2.24, 2.45) is 0 Å². The van der Waals surface area contributed by atoms with Crippen molar-refractivity contribution in [2.45, 2.75) is 36.9 Å². The smallest absolute Gasteiger partial charge is 0.311 e. The highest BCUT2D eigenvalue weighted by Gasteiger charge is 2.26. The highest BCUT2D eigenvalue weighted by Crippen LogP contribution is 2.28. The van der Waals surface area contributed by atoms with Gasteiger partial charge in [0.2, 0.25) is 15.9 Å². The maximum atomic E-state index is 12.2. The summed E-state index contributed by atoms with van der Waals surface area (Å²) in [5.74, 6) is -0.210. The summed E-state index contributed by atoms with van der Waals surface area (Å²) in [5, 5.41) is 9.27.